The lowest BCUT2D eigenvalue weighted by atomic mass is 10.2. The summed E-state index contributed by atoms with van der Waals surface area (Å²) >= 11 is 0. The number of rotatable bonds is 2. The maximum Gasteiger partial charge on any atom is 0.359 e. The maximum absolute atomic E-state index is 11.4. The van der Waals surface area contributed by atoms with E-state index in [4.69, 9.17) is 4.74 Å². The first-order chi connectivity index (χ1) is 6.83. The number of fused-ring (bicyclic) bond motifs is 1. The third-order valence-electron chi connectivity index (χ3n) is 1.83. The summed E-state index contributed by atoms with van der Waals surface area (Å²) in [6.45, 7) is 2.10. The lowest BCUT2D eigenvalue weighted by molar-refractivity contribution is 0.0521. The van der Waals surface area contributed by atoms with Gasteiger partial charge in [-0.25, -0.2) is 4.79 Å². The Kier molecular flexibility index (Phi) is 3.62. The van der Waals surface area contributed by atoms with Gasteiger partial charge in [0.05, 0.1) is 17.5 Å². The fraction of sp³-hybridized carbons (Fsp3) is 0.222. The van der Waals surface area contributed by atoms with Gasteiger partial charge in [-0.1, -0.05) is 0 Å². The van der Waals surface area contributed by atoms with E-state index >= 15 is 0 Å². The molecule has 0 unspecified atom stereocenters. The molecule has 2 rings (SSSR count). The number of halogens is 1. The summed E-state index contributed by atoms with van der Waals surface area (Å²) in [6.07, 6.45) is 3.22. The van der Waals surface area contributed by atoms with Gasteiger partial charge < -0.3 is 4.74 Å². The van der Waals surface area contributed by atoms with Crippen molar-refractivity contribution in [2.45, 2.75) is 6.92 Å². The Morgan fingerprint density at radius 1 is 1.60 bits per heavy atom. The highest BCUT2D eigenvalue weighted by Gasteiger charge is 2.14. The molecule has 0 spiro atoms. The minimum absolute atomic E-state index is 0. The van der Waals surface area contributed by atoms with Crippen molar-refractivity contribution in [2.75, 3.05) is 6.61 Å². The van der Waals surface area contributed by atoms with Gasteiger partial charge in [-0.2, -0.15) is 5.10 Å². The second-order valence-corrected chi connectivity index (χ2v) is 2.71. The van der Waals surface area contributed by atoms with Gasteiger partial charge in [-0.3, -0.25) is 10.1 Å². The SMILES string of the molecule is CCOC(=O)c1n[nH]c2ccncc12.Cl. The minimum Gasteiger partial charge on any atom is -0.461 e. The average molecular weight is 228 g/mol. The van der Waals surface area contributed by atoms with Crippen molar-refractivity contribution in [3.63, 3.8) is 0 Å². The summed E-state index contributed by atoms with van der Waals surface area (Å²) in [5.41, 5.74) is 1.07. The Balaban J connectivity index is 0.00000112. The number of aromatic nitrogens is 3. The summed E-state index contributed by atoms with van der Waals surface area (Å²) in [4.78, 5) is 15.3. The number of hydrogen-bond acceptors (Lipinski definition) is 4. The summed E-state index contributed by atoms with van der Waals surface area (Å²) in [6, 6.07) is 1.76. The molecule has 5 nitrogen and oxygen atoms in total. The summed E-state index contributed by atoms with van der Waals surface area (Å²) in [5.74, 6) is -0.424. The molecule has 2 aromatic heterocycles. The van der Waals surface area contributed by atoms with E-state index in [1.54, 1.807) is 25.4 Å². The summed E-state index contributed by atoms with van der Waals surface area (Å²) < 4.78 is 4.85. The Morgan fingerprint density at radius 3 is 3.13 bits per heavy atom. The molecule has 0 bridgehead atoms. The third-order valence-corrected chi connectivity index (χ3v) is 1.83. The van der Waals surface area contributed by atoms with Crippen molar-refractivity contribution in [2.24, 2.45) is 0 Å². The lowest BCUT2D eigenvalue weighted by Gasteiger charge is -1.96. The fourth-order valence-electron chi connectivity index (χ4n) is 1.21. The summed E-state index contributed by atoms with van der Waals surface area (Å²) in [5, 5.41) is 7.30. The third kappa shape index (κ3) is 2.07. The second-order valence-electron chi connectivity index (χ2n) is 2.71. The van der Waals surface area contributed by atoms with E-state index in [-0.39, 0.29) is 18.1 Å². The van der Waals surface area contributed by atoms with Gasteiger partial charge in [-0.15, -0.1) is 12.4 Å². The number of nitrogens with one attached hydrogen (secondary N) is 1. The summed E-state index contributed by atoms with van der Waals surface area (Å²) in [7, 11) is 0. The molecule has 0 aromatic carbocycles. The number of carbonyl (C=O) groups is 1. The largest absolute Gasteiger partial charge is 0.461 e. The van der Waals surface area contributed by atoms with Gasteiger partial charge in [0.2, 0.25) is 0 Å². The molecular formula is C9H10ClN3O2. The average Bonchev–Trinajstić information content (AvgIpc) is 2.61. The quantitative estimate of drug-likeness (QED) is 0.791. The van der Waals surface area contributed by atoms with Crippen LogP contribution in [0.4, 0.5) is 0 Å². The van der Waals surface area contributed by atoms with E-state index in [1.165, 1.54) is 0 Å². The topological polar surface area (TPSA) is 67.9 Å². The highest BCUT2D eigenvalue weighted by Crippen LogP contribution is 2.14. The van der Waals surface area contributed by atoms with Crippen LogP contribution in [0.3, 0.4) is 0 Å². The van der Waals surface area contributed by atoms with Crippen LogP contribution >= 0.6 is 12.4 Å². The van der Waals surface area contributed by atoms with Crippen LogP contribution in [0.25, 0.3) is 10.9 Å². The van der Waals surface area contributed by atoms with Crippen LogP contribution in [-0.4, -0.2) is 27.8 Å². The van der Waals surface area contributed by atoms with E-state index in [1.807, 2.05) is 0 Å². The smallest absolute Gasteiger partial charge is 0.359 e. The van der Waals surface area contributed by atoms with Crippen LogP contribution in [-0.2, 0) is 4.74 Å². The van der Waals surface area contributed by atoms with Crippen molar-refractivity contribution in [1.82, 2.24) is 15.2 Å². The molecule has 6 heteroatoms. The Hall–Kier alpha value is -1.62. The van der Waals surface area contributed by atoms with Crippen LogP contribution in [0.15, 0.2) is 18.5 Å². The number of H-pyrrole nitrogens is 1. The van der Waals surface area contributed by atoms with E-state index < -0.39 is 5.97 Å². The van der Waals surface area contributed by atoms with Gasteiger partial charge >= 0.3 is 5.97 Å². The Labute approximate surface area is 92.3 Å². The van der Waals surface area contributed by atoms with Gasteiger partial charge in [0, 0.05) is 12.4 Å². The number of esters is 1. The molecule has 0 saturated carbocycles. The van der Waals surface area contributed by atoms with Crippen LogP contribution in [0.5, 0.6) is 0 Å². The number of pyridine rings is 1. The second kappa shape index (κ2) is 4.75. The Morgan fingerprint density at radius 2 is 2.40 bits per heavy atom. The molecule has 2 heterocycles. The van der Waals surface area contributed by atoms with Crippen LogP contribution in [0.1, 0.15) is 17.4 Å². The normalized spacial score (nSPS) is 9.67. The standard InChI is InChI=1S/C9H9N3O2.ClH/c1-2-14-9(13)8-6-5-10-4-3-7(6)11-12-8;/h3-5H,2H2,1H3,(H,11,12);1H. The van der Waals surface area contributed by atoms with E-state index in [9.17, 15) is 4.79 Å². The molecular weight excluding hydrogens is 218 g/mol. The molecule has 1 N–H and O–H groups in total. The highest BCUT2D eigenvalue weighted by molar-refractivity contribution is 6.01. The first-order valence-corrected chi connectivity index (χ1v) is 4.28. The first kappa shape index (κ1) is 11.5. The minimum atomic E-state index is -0.424. The van der Waals surface area contributed by atoms with Crippen molar-refractivity contribution in [3.05, 3.63) is 24.2 Å². The monoisotopic (exact) mass is 227 g/mol. The number of nitrogens with zero attached hydrogens (tertiary/aromatic N) is 2. The zero-order valence-electron chi connectivity index (χ0n) is 8.06. The zero-order valence-corrected chi connectivity index (χ0v) is 8.87. The molecule has 2 aromatic rings. The molecule has 0 amide bonds. The lowest BCUT2D eigenvalue weighted by Crippen LogP contribution is -2.05. The van der Waals surface area contributed by atoms with Crippen molar-refractivity contribution < 1.29 is 9.53 Å². The van der Waals surface area contributed by atoms with Gasteiger partial charge in [0.15, 0.2) is 5.69 Å². The van der Waals surface area contributed by atoms with Gasteiger partial charge in [0.25, 0.3) is 0 Å². The number of ether oxygens (including phenoxy) is 1. The maximum atomic E-state index is 11.4. The molecule has 0 fully saturated rings. The number of carbonyl (C=O) groups excluding carboxylic acids is 1. The van der Waals surface area contributed by atoms with Crippen LogP contribution < -0.4 is 0 Å². The molecule has 0 aliphatic heterocycles. The number of hydrogen-bond donors (Lipinski definition) is 1. The van der Waals surface area contributed by atoms with E-state index in [2.05, 4.69) is 15.2 Å². The fourth-order valence-corrected chi connectivity index (χ4v) is 1.21. The van der Waals surface area contributed by atoms with Crippen molar-refractivity contribution in [3.8, 4) is 0 Å². The highest BCUT2D eigenvalue weighted by atomic mass is 35.5. The predicted molar refractivity (Wildman–Crippen MR) is 57.1 cm³/mol. The van der Waals surface area contributed by atoms with Crippen molar-refractivity contribution >= 4 is 29.3 Å². The van der Waals surface area contributed by atoms with Gasteiger partial charge in [-0.05, 0) is 13.0 Å². The van der Waals surface area contributed by atoms with Crippen LogP contribution in [0, 0.1) is 0 Å². The zero-order chi connectivity index (χ0) is 9.97. The molecule has 0 aliphatic rings. The van der Waals surface area contributed by atoms with Crippen LogP contribution in [0.2, 0.25) is 0 Å². The van der Waals surface area contributed by atoms with E-state index in [0.717, 1.165) is 5.52 Å². The molecule has 0 saturated heterocycles. The molecule has 15 heavy (non-hydrogen) atoms. The predicted octanol–water partition coefficient (Wildman–Crippen LogP) is 1.56. The molecule has 0 aliphatic carbocycles. The van der Waals surface area contributed by atoms with Gasteiger partial charge in [0.1, 0.15) is 0 Å². The molecule has 80 valence electrons. The first-order valence-electron chi connectivity index (χ1n) is 4.28. The molecule has 0 radical (unpaired) electrons. The van der Waals surface area contributed by atoms with E-state index in [0.29, 0.717) is 12.0 Å². The van der Waals surface area contributed by atoms with Crippen molar-refractivity contribution in [1.29, 1.82) is 0 Å². The Bertz CT molecular complexity index is 469. The number of aromatic amines is 1. The molecule has 0 atom stereocenters.